The van der Waals surface area contributed by atoms with E-state index in [1.165, 1.54) is 54.3 Å². The van der Waals surface area contributed by atoms with Crippen molar-refractivity contribution in [2.45, 2.75) is 77.2 Å². The van der Waals surface area contributed by atoms with Crippen LogP contribution in [0.4, 0.5) is 0 Å². The van der Waals surface area contributed by atoms with E-state index in [1.54, 1.807) is 13.3 Å². The van der Waals surface area contributed by atoms with Gasteiger partial charge in [0.1, 0.15) is 0 Å². The van der Waals surface area contributed by atoms with E-state index in [2.05, 4.69) is 90.6 Å². The summed E-state index contributed by atoms with van der Waals surface area (Å²) in [6, 6.07) is 9.05. The molecule has 146 valence electrons. The van der Waals surface area contributed by atoms with Gasteiger partial charge in [0.2, 0.25) is 0 Å². The van der Waals surface area contributed by atoms with Crippen molar-refractivity contribution in [3.05, 3.63) is 43.3 Å². The molecule has 0 radical (unpaired) electrons. The molecule has 0 N–H and O–H groups in total. The van der Waals surface area contributed by atoms with Gasteiger partial charge in [0.05, 0.1) is 0 Å². The summed E-state index contributed by atoms with van der Waals surface area (Å²) in [7, 11) is 0. The molecule has 0 spiro atoms. The zero-order chi connectivity index (χ0) is 18.8. The van der Waals surface area contributed by atoms with Crippen LogP contribution >= 0.6 is 39.5 Å². The third-order valence-corrected chi connectivity index (χ3v) is 27.2. The van der Waals surface area contributed by atoms with Crippen LogP contribution in [-0.4, -0.2) is 24.1 Å². The summed E-state index contributed by atoms with van der Waals surface area (Å²) >= 11 is 5.70. The van der Waals surface area contributed by atoms with Gasteiger partial charge in [-0.3, -0.25) is 0 Å². The zero-order valence-electron chi connectivity index (χ0n) is 16.7. The Balaban J connectivity index is 2.23. The Bertz CT molecular complexity index is 534. The van der Waals surface area contributed by atoms with Gasteiger partial charge >= 0.3 is 184 Å². The first-order valence-corrected chi connectivity index (χ1v) is 20.6. The normalized spacial score (nSPS) is 18.0. The molecule has 1 aliphatic heterocycles. The molecule has 0 nitrogen and oxygen atoms in total. The average Bonchev–Trinajstić information content (AvgIpc) is 2.68. The van der Waals surface area contributed by atoms with Crippen LogP contribution in [0.1, 0.15) is 69.4 Å². The molecule has 0 aliphatic carbocycles. The topological polar surface area (TPSA) is 0 Å². The first kappa shape index (κ1) is 23.2. The number of rotatable bonds is 11. The van der Waals surface area contributed by atoms with Crippen molar-refractivity contribution < 1.29 is 0 Å². The van der Waals surface area contributed by atoms with Crippen LogP contribution in [0.2, 0.25) is 13.3 Å². The molecule has 2 rings (SSSR count). The molecular formula is C22H35BrS2Sn. The van der Waals surface area contributed by atoms with Crippen molar-refractivity contribution in [3.63, 3.8) is 0 Å². The van der Waals surface area contributed by atoms with Crippen LogP contribution in [0, 0.1) is 0 Å². The van der Waals surface area contributed by atoms with Crippen LogP contribution < -0.4 is 0 Å². The summed E-state index contributed by atoms with van der Waals surface area (Å²) in [5.74, 6) is 1.21. The van der Waals surface area contributed by atoms with E-state index in [9.17, 15) is 0 Å². The second kappa shape index (κ2) is 12.5. The molecule has 1 heterocycles. The molecule has 0 amide bonds. The number of thioether (sulfide) groups is 2. The second-order valence-corrected chi connectivity index (χ2v) is 25.2. The molecule has 4 heteroatoms. The third kappa shape index (κ3) is 6.77. The summed E-state index contributed by atoms with van der Waals surface area (Å²) in [4.78, 5) is 0. The first-order chi connectivity index (χ1) is 12.6. The SMILES string of the molecule is CCC[CH2][Sn]([CH2]CCC)([CH2]CCC)[C]1=CCSC(c2ccc(Br)cc2)S1. The fourth-order valence-electron chi connectivity index (χ4n) is 3.82. The molecule has 0 saturated carbocycles. The van der Waals surface area contributed by atoms with E-state index in [-0.39, 0.29) is 0 Å². The van der Waals surface area contributed by atoms with Crippen molar-refractivity contribution >= 4 is 57.8 Å². The maximum atomic E-state index is 3.58. The van der Waals surface area contributed by atoms with E-state index in [1.807, 2.05) is 2.92 Å². The molecule has 26 heavy (non-hydrogen) atoms. The Kier molecular flexibility index (Phi) is 11.2. The van der Waals surface area contributed by atoms with Crippen molar-refractivity contribution in [2.24, 2.45) is 0 Å². The Hall–Kier alpha value is 0.939. The minimum absolute atomic E-state index is 0.601. The number of halogens is 1. The van der Waals surface area contributed by atoms with Gasteiger partial charge in [0, 0.05) is 0 Å². The first-order valence-electron chi connectivity index (χ1n) is 10.4. The molecule has 1 aromatic rings. The summed E-state index contributed by atoms with van der Waals surface area (Å²) < 4.78 is 8.46. The summed E-state index contributed by atoms with van der Waals surface area (Å²) in [6.07, 6.45) is 11.1. The predicted molar refractivity (Wildman–Crippen MR) is 130 cm³/mol. The maximum absolute atomic E-state index is 3.58. The van der Waals surface area contributed by atoms with Gasteiger partial charge in [-0.05, 0) is 0 Å². The van der Waals surface area contributed by atoms with Gasteiger partial charge in [-0.25, -0.2) is 0 Å². The van der Waals surface area contributed by atoms with Crippen LogP contribution in [0.15, 0.2) is 37.7 Å². The molecule has 1 unspecified atom stereocenters. The Morgan fingerprint density at radius 3 is 1.96 bits per heavy atom. The number of hydrogen-bond acceptors (Lipinski definition) is 2. The molecule has 1 aliphatic rings. The van der Waals surface area contributed by atoms with Gasteiger partial charge in [0.25, 0.3) is 0 Å². The van der Waals surface area contributed by atoms with Crippen LogP contribution in [-0.2, 0) is 0 Å². The van der Waals surface area contributed by atoms with E-state index < -0.39 is 18.4 Å². The van der Waals surface area contributed by atoms with E-state index in [4.69, 9.17) is 0 Å². The predicted octanol–water partition coefficient (Wildman–Crippen LogP) is 9.20. The fraction of sp³-hybridized carbons (Fsp3) is 0.636. The quantitative estimate of drug-likeness (QED) is 0.247. The average molecular weight is 562 g/mol. The van der Waals surface area contributed by atoms with E-state index in [0.29, 0.717) is 4.58 Å². The van der Waals surface area contributed by atoms with Crippen LogP contribution in [0.3, 0.4) is 0 Å². The number of unbranched alkanes of at least 4 members (excludes halogenated alkanes) is 3. The van der Waals surface area contributed by atoms with Crippen molar-refractivity contribution in [3.8, 4) is 0 Å². The molecule has 0 bridgehead atoms. The van der Waals surface area contributed by atoms with Gasteiger partial charge < -0.3 is 0 Å². The standard InChI is InChI=1S/C10H8BrS2.3C4H9.Sn/c11-9-4-2-8(3-5-9)10-12-6-1-7-13-10;3*1-3-4-2;/h1-5,10H,6H2;3*1,3-4H2,2H3;. The number of hydrogen-bond donors (Lipinski definition) is 0. The monoisotopic (exact) mass is 562 g/mol. The Labute approximate surface area is 182 Å². The molecule has 0 saturated heterocycles. The van der Waals surface area contributed by atoms with Crippen molar-refractivity contribution in [1.82, 2.24) is 0 Å². The third-order valence-electron chi connectivity index (χ3n) is 5.44. The second-order valence-electron chi connectivity index (χ2n) is 7.49. The fourth-order valence-corrected chi connectivity index (χ4v) is 27.7. The summed E-state index contributed by atoms with van der Waals surface area (Å²) in [5, 5.41) is 0. The van der Waals surface area contributed by atoms with Gasteiger partial charge in [-0.1, -0.05) is 0 Å². The molecule has 0 fully saturated rings. The molecule has 0 aromatic heterocycles. The molecular weight excluding hydrogens is 527 g/mol. The van der Waals surface area contributed by atoms with Crippen molar-refractivity contribution in [1.29, 1.82) is 0 Å². The van der Waals surface area contributed by atoms with Crippen molar-refractivity contribution in [2.75, 3.05) is 5.75 Å². The summed E-state index contributed by atoms with van der Waals surface area (Å²) in [5.41, 5.74) is 1.50. The van der Waals surface area contributed by atoms with E-state index >= 15 is 0 Å². The number of benzene rings is 1. The molecule has 1 atom stereocenters. The Morgan fingerprint density at radius 2 is 1.46 bits per heavy atom. The van der Waals surface area contributed by atoms with Gasteiger partial charge in [-0.15, -0.1) is 0 Å². The minimum atomic E-state index is -2.25. The Morgan fingerprint density at radius 1 is 0.923 bits per heavy atom. The van der Waals surface area contributed by atoms with E-state index in [0.717, 1.165) is 0 Å². The van der Waals surface area contributed by atoms with Crippen LogP contribution in [0.5, 0.6) is 0 Å². The summed E-state index contributed by atoms with van der Waals surface area (Å²) in [6.45, 7) is 7.12. The van der Waals surface area contributed by atoms with Gasteiger partial charge in [0.15, 0.2) is 0 Å². The molecule has 1 aromatic carbocycles. The van der Waals surface area contributed by atoms with Gasteiger partial charge in [-0.2, -0.15) is 0 Å². The zero-order valence-corrected chi connectivity index (χ0v) is 22.8. The van der Waals surface area contributed by atoms with Crippen LogP contribution in [0.25, 0.3) is 0 Å².